The van der Waals surface area contributed by atoms with Crippen LogP contribution in [0.5, 0.6) is 5.75 Å². The summed E-state index contributed by atoms with van der Waals surface area (Å²) in [5.41, 5.74) is 0. The number of hydrogen-bond donors (Lipinski definition) is 0. The number of carbonyl (C=O) groups is 1. The molecular weight excluding hydrogens is 268 g/mol. The molecule has 0 aliphatic carbocycles. The van der Waals surface area contributed by atoms with E-state index in [9.17, 15) is 13.2 Å². The highest BCUT2D eigenvalue weighted by Crippen LogP contribution is 2.20. The van der Waals surface area contributed by atoms with Crippen molar-refractivity contribution in [1.82, 2.24) is 0 Å². The Labute approximate surface area is 113 Å². The van der Waals surface area contributed by atoms with E-state index < -0.39 is 21.7 Å². The molecule has 0 aliphatic rings. The fourth-order valence-corrected chi connectivity index (χ4v) is 3.14. The molecule has 1 atom stereocenters. The summed E-state index contributed by atoms with van der Waals surface area (Å²) >= 11 is 0. The topological polar surface area (TPSA) is 69.7 Å². The molecule has 0 amide bonds. The molecule has 0 aliphatic heterocycles. The van der Waals surface area contributed by atoms with Crippen LogP contribution >= 0.6 is 0 Å². The number of ether oxygens (including phenoxy) is 2. The average Bonchev–Trinajstić information content (AvgIpc) is 2.38. The van der Waals surface area contributed by atoms with E-state index in [1.54, 1.807) is 19.1 Å². The van der Waals surface area contributed by atoms with Crippen molar-refractivity contribution in [1.29, 1.82) is 0 Å². The third-order valence-electron chi connectivity index (χ3n) is 2.56. The minimum absolute atomic E-state index is 0.142. The van der Waals surface area contributed by atoms with Gasteiger partial charge in [-0.15, -0.1) is 0 Å². The highest BCUT2D eigenvalue weighted by Gasteiger charge is 2.24. The largest absolute Gasteiger partial charge is 0.497 e. The number of rotatable bonds is 6. The predicted octanol–water partition coefficient (Wildman–Crippen LogP) is 1.67. The summed E-state index contributed by atoms with van der Waals surface area (Å²) in [6.45, 7) is 3.46. The molecule has 0 bridgehead atoms. The van der Waals surface area contributed by atoms with Crippen molar-refractivity contribution in [2.75, 3.05) is 19.5 Å². The van der Waals surface area contributed by atoms with Gasteiger partial charge in [0, 0.05) is 0 Å². The van der Waals surface area contributed by atoms with Crippen LogP contribution in [0.15, 0.2) is 29.2 Å². The molecular formula is C13H18O5S. The maximum absolute atomic E-state index is 12.2. The number of hydrogen-bond acceptors (Lipinski definition) is 5. The van der Waals surface area contributed by atoms with Crippen molar-refractivity contribution in [3.63, 3.8) is 0 Å². The van der Waals surface area contributed by atoms with Gasteiger partial charge in [-0.3, -0.25) is 4.79 Å². The quantitative estimate of drug-likeness (QED) is 0.744. The second kappa shape index (κ2) is 6.56. The van der Waals surface area contributed by atoms with E-state index in [0.717, 1.165) is 0 Å². The average molecular weight is 286 g/mol. The molecule has 0 aromatic heterocycles. The van der Waals surface area contributed by atoms with Crippen LogP contribution < -0.4 is 4.74 Å². The van der Waals surface area contributed by atoms with Crippen molar-refractivity contribution in [2.24, 2.45) is 5.92 Å². The van der Waals surface area contributed by atoms with E-state index in [-0.39, 0.29) is 17.3 Å². The van der Waals surface area contributed by atoms with Crippen molar-refractivity contribution in [2.45, 2.75) is 18.7 Å². The van der Waals surface area contributed by atoms with Crippen LogP contribution in [0.1, 0.15) is 13.8 Å². The zero-order valence-electron chi connectivity index (χ0n) is 11.3. The van der Waals surface area contributed by atoms with E-state index in [2.05, 4.69) is 0 Å². The van der Waals surface area contributed by atoms with Crippen LogP contribution in [0.4, 0.5) is 0 Å². The summed E-state index contributed by atoms with van der Waals surface area (Å²) in [6, 6.07) is 6.18. The molecule has 0 heterocycles. The number of carbonyl (C=O) groups excluding carboxylic acids is 1. The molecule has 1 rings (SSSR count). The molecule has 5 nitrogen and oxygen atoms in total. The van der Waals surface area contributed by atoms with E-state index >= 15 is 0 Å². The first-order valence-corrected chi connectivity index (χ1v) is 7.59. The van der Waals surface area contributed by atoms with Gasteiger partial charge < -0.3 is 9.47 Å². The lowest BCUT2D eigenvalue weighted by molar-refractivity contribution is -0.146. The van der Waals surface area contributed by atoms with Gasteiger partial charge in [0.25, 0.3) is 0 Å². The van der Waals surface area contributed by atoms with E-state index in [0.29, 0.717) is 5.75 Å². The SMILES string of the molecule is CCOC(=O)C(C)CS(=O)(=O)c1cccc(OC)c1. The maximum atomic E-state index is 12.2. The van der Waals surface area contributed by atoms with E-state index in [1.807, 2.05) is 0 Å². The second-order valence-corrected chi connectivity index (χ2v) is 6.15. The van der Waals surface area contributed by atoms with Crippen molar-refractivity contribution < 1.29 is 22.7 Å². The van der Waals surface area contributed by atoms with Crippen LogP contribution in [-0.2, 0) is 19.4 Å². The number of sulfone groups is 1. The first-order chi connectivity index (χ1) is 8.90. The van der Waals surface area contributed by atoms with Gasteiger partial charge >= 0.3 is 5.97 Å². The fourth-order valence-electron chi connectivity index (χ4n) is 1.57. The number of methoxy groups -OCH3 is 1. The van der Waals surface area contributed by atoms with Crippen LogP contribution in [0.3, 0.4) is 0 Å². The summed E-state index contributed by atoms with van der Waals surface area (Å²) in [6.07, 6.45) is 0. The third-order valence-corrected chi connectivity index (χ3v) is 4.47. The normalized spacial score (nSPS) is 12.8. The minimum atomic E-state index is -3.54. The molecule has 0 saturated heterocycles. The summed E-state index contributed by atoms with van der Waals surface area (Å²) in [5, 5.41) is 0. The lowest BCUT2D eigenvalue weighted by atomic mass is 10.2. The first-order valence-electron chi connectivity index (χ1n) is 5.94. The number of esters is 1. The predicted molar refractivity (Wildman–Crippen MR) is 70.8 cm³/mol. The van der Waals surface area contributed by atoms with Gasteiger partial charge in [0.1, 0.15) is 5.75 Å². The number of benzene rings is 1. The zero-order chi connectivity index (χ0) is 14.5. The molecule has 6 heteroatoms. The van der Waals surface area contributed by atoms with Gasteiger partial charge in [-0.1, -0.05) is 13.0 Å². The Balaban J connectivity index is 2.89. The summed E-state index contributed by atoms with van der Waals surface area (Å²) in [7, 11) is -2.07. The molecule has 1 aromatic carbocycles. The highest BCUT2D eigenvalue weighted by atomic mass is 32.2. The van der Waals surface area contributed by atoms with Crippen molar-refractivity contribution in [3.8, 4) is 5.75 Å². The first kappa shape index (κ1) is 15.5. The molecule has 0 spiro atoms. The molecule has 0 radical (unpaired) electrons. The van der Waals surface area contributed by atoms with E-state index in [1.165, 1.54) is 26.2 Å². The zero-order valence-corrected chi connectivity index (χ0v) is 12.1. The van der Waals surface area contributed by atoms with Crippen LogP contribution in [0.25, 0.3) is 0 Å². The fraction of sp³-hybridized carbons (Fsp3) is 0.462. The maximum Gasteiger partial charge on any atom is 0.309 e. The summed E-state index contributed by atoms with van der Waals surface area (Å²) < 4.78 is 34.1. The van der Waals surface area contributed by atoms with Gasteiger partial charge in [-0.05, 0) is 25.1 Å². The van der Waals surface area contributed by atoms with Crippen LogP contribution in [-0.4, -0.2) is 33.9 Å². The smallest absolute Gasteiger partial charge is 0.309 e. The van der Waals surface area contributed by atoms with Gasteiger partial charge in [0.05, 0.1) is 30.3 Å². The van der Waals surface area contributed by atoms with Gasteiger partial charge in [-0.2, -0.15) is 0 Å². The van der Waals surface area contributed by atoms with Crippen LogP contribution in [0, 0.1) is 5.92 Å². The molecule has 0 saturated carbocycles. The lowest BCUT2D eigenvalue weighted by Crippen LogP contribution is -2.23. The Morgan fingerprint density at radius 2 is 2.05 bits per heavy atom. The highest BCUT2D eigenvalue weighted by molar-refractivity contribution is 7.91. The monoisotopic (exact) mass is 286 g/mol. The molecule has 19 heavy (non-hydrogen) atoms. The molecule has 106 valence electrons. The van der Waals surface area contributed by atoms with Gasteiger partial charge in [-0.25, -0.2) is 8.42 Å². The molecule has 0 fully saturated rings. The molecule has 0 N–H and O–H groups in total. The van der Waals surface area contributed by atoms with Crippen molar-refractivity contribution in [3.05, 3.63) is 24.3 Å². The van der Waals surface area contributed by atoms with Gasteiger partial charge in [0.15, 0.2) is 9.84 Å². The Bertz CT molecular complexity index is 536. The Morgan fingerprint density at radius 1 is 1.37 bits per heavy atom. The third kappa shape index (κ3) is 4.24. The Morgan fingerprint density at radius 3 is 2.63 bits per heavy atom. The summed E-state index contributed by atoms with van der Waals surface area (Å²) in [4.78, 5) is 11.6. The Hall–Kier alpha value is -1.56. The van der Waals surface area contributed by atoms with Crippen LogP contribution in [0.2, 0.25) is 0 Å². The van der Waals surface area contributed by atoms with Crippen molar-refractivity contribution >= 4 is 15.8 Å². The minimum Gasteiger partial charge on any atom is -0.497 e. The lowest BCUT2D eigenvalue weighted by Gasteiger charge is -2.11. The molecule has 1 aromatic rings. The second-order valence-electron chi connectivity index (χ2n) is 4.11. The van der Waals surface area contributed by atoms with E-state index in [4.69, 9.17) is 9.47 Å². The standard InChI is InChI=1S/C13H18O5S/c1-4-18-13(14)10(2)9-19(15,16)12-7-5-6-11(8-12)17-3/h5-8,10H,4,9H2,1-3H3. The Kier molecular flexibility index (Phi) is 5.35. The van der Waals surface area contributed by atoms with Gasteiger partial charge in [0.2, 0.25) is 0 Å². The summed E-state index contributed by atoms with van der Waals surface area (Å²) in [5.74, 6) is -1.02. The molecule has 1 unspecified atom stereocenters.